The normalized spacial score (nSPS) is 15.0. The lowest BCUT2D eigenvalue weighted by atomic mass is 10.0. The maximum Gasteiger partial charge on any atom is 0.214 e. The van der Waals surface area contributed by atoms with Crippen molar-refractivity contribution in [2.75, 3.05) is 46.4 Å². The molecule has 8 nitrogen and oxygen atoms in total. The zero-order valence-electron chi connectivity index (χ0n) is 16.2. The number of rotatable bonds is 7. The predicted octanol–water partition coefficient (Wildman–Crippen LogP) is 3.32. The number of benzene rings is 1. The van der Waals surface area contributed by atoms with Crippen LogP contribution in [0.3, 0.4) is 0 Å². The molecule has 4 rings (SSSR count). The quantitative estimate of drug-likeness (QED) is 0.647. The van der Waals surface area contributed by atoms with Gasteiger partial charge >= 0.3 is 0 Å². The Kier molecular flexibility index (Phi) is 5.54. The van der Waals surface area contributed by atoms with Crippen LogP contribution < -0.4 is 19.5 Å². The zero-order valence-corrected chi connectivity index (χ0v) is 17.0. The average molecular weight is 404 g/mol. The van der Waals surface area contributed by atoms with Crippen molar-refractivity contribution >= 4 is 21.4 Å². The van der Waals surface area contributed by atoms with E-state index >= 15 is 0 Å². The van der Waals surface area contributed by atoms with Crippen LogP contribution in [0.1, 0.15) is 12.8 Å². The monoisotopic (exact) mass is 404 g/mol. The van der Waals surface area contributed by atoms with Gasteiger partial charge in [0.15, 0.2) is 11.5 Å². The minimum Gasteiger partial charge on any atom is -0.493 e. The summed E-state index contributed by atoms with van der Waals surface area (Å²) in [6, 6.07) is 3.77. The van der Waals surface area contributed by atoms with Gasteiger partial charge in [-0.25, -0.2) is 9.50 Å². The first kappa shape index (κ1) is 18.8. The number of hydrogen-bond acceptors (Lipinski definition) is 8. The highest BCUT2D eigenvalue weighted by Gasteiger charge is 2.18. The third-order valence-electron chi connectivity index (χ3n) is 4.89. The van der Waals surface area contributed by atoms with Crippen LogP contribution in [0.2, 0.25) is 0 Å². The molecule has 9 heteroatoms. The maximum absolute atomic E-state index is 5.43. The second-order valence-electron chi connectivity index (χ2n) is 6.61. The molecule has 1 aliphatic rings. The summed E-state index contributed by atoms with van der Waals surface area (Å²) in [5.41, 5.74) is 1.68. The number of nitrogens with one attached hydrogen (secondary N) is 1. The molecule has 0 radical (unpaired) electrons. The van der Waals surface area contributed by atoms with Crippen LogP contribution in [-0.4, -0.2) is 55.7 Å². The third kappa shape index (κ3) is 3.72. The van der Waals surface area contributed by atoms with Gasteiger partial charge in [-0.2, -0.15) is 0 Å². The molecule has 3 heterocycles. The Morgan fingerprint density at radius 1 is 1.14 bits per heavy atom. The Labute approximate surface area is 167 Å². The third-order valence-corrected chi connectivity index (χ3v) is 5.77. The van der Waals surface area contributed by atoms with Crippen molar-refractivity contribution in [3.8, 4) is 28.5 Å². The van der Waals surface area contributed by atoms with Crippen molar-refractivity contribution in [1.29, 1.82) is 0 Å². The minimum absolute atomic E-state index is 0.562. The number of fused-ring (bicyclic) bond motifs is 1. The van der Waals surface area contributed by atoms with E-state index in [0.29, 0.717) is 23.2 Å². The Morgan fingerprint density at radius 3 is 2.46 bits per heavy atom. The van der Waals surface area contributed by atoms with Crippen LogP contribution in [0, 0.1) is 5.92 Å². The molecule has 28 heavy (non-hydrogen) atoms. The Bertz CT molecular complexity index is 892. The van der Waals surface area contributed by atoms with E-state index < -0.39 is 0 Å². The van der Waals surface area contributed by atoms with Gasteiger partial charge in [-0.3, -0.25) is 0 Å². The first-order valence-corrected chi connectivity index (χ1v) is 10.0. The lowest BCUT2D eigenvalue weighted by Crippen LogP contribution is -2.22. The van der Waals surface area contributed by atoms with Gasteiger partial charge < -0.3 is 24.3 Å². The molecule has 2 aromatic heterocycles. The fourth-order valence-electron chi connectivity index (χ4n) is 3.32. The van der Waals surface area contributed by atoms with Gasteiger partial charge in [0.25, 0.3) is 0 Å². The first-order valence-electron chi connectivity index (χ1n) is 9.20. The molecule has 1 N–H and O–H groups in total. The van der Waals surface area contributed by atoms with Crippen molar-refractivity contribution in [1.82, 2.24) is 14.6 Å². The van der Waals surface area contributed by atoms with E-state index in [4.69, 9.17) is 23.9 Å². The van der Waals surface area contributed by atoms with Crippen molar-refractivity contribution in [2.24, 2.45) is 5.92 Å². The largest absolute Gasteiger partial charge is 0.493 e. The predicted molar refractivity (Wildman–Crippen MR) is 108 cm³/mol. The van der Waals surface area contributed by atoms with E-state index in [1.54, 1.807) is 37.2 Å². The molecule has 3 aromatic rings. The number of imidazole rings is 1. The van der Waals surface area contributed by atoms with Crippen molar-refractivity contribution < 1.29 is 18.9 Å². The standard InChI is InChI=1S/C19H24N4O4S/c1-24-15-8-13(9-16(25-2)17(15)26-3)14-11-23-19(21-14)28-18(22-23)20-10-12-4-6-27-7-5-12/h8-9,11-12H,4-7,10H2,1-3H3,(H,20,22). The van der Waals surface area contributed by atoms with Gasteiger partial charge in [-0.1, -0.05) is 11.3 Å². The molecule has 0 amide bonds. The lowest BCUT2D eigenvalue weighted by Gasteiger charge is -2.21. The molecule has 0 saturated carbocycles. The number of nitrogens with zero attached hydrogens (tertiary/aromatic N) is 3. The summed E-state index contributed by atoms with van der Waals surface area (Å²) in [6.07, 6.45) is 4.10. The fraction of sp³-hybridized carbons (Fsp3) is 0.474. The SMILES string of the molecule is COc1cc(-c2cn3nc(NCC4CCOCC4)sc3n2)cc(OC)c1OC. The van der Waals surface area contributed by atoms with Gasteiger partial charge in [-0.05, 0) is 30.9 Å². The van der Waals surface area contributed by atoms with Crippen molar-refractivity contribution in [2.45, 2.75) is 12.8 Å². The molecule has 0 atom stereocenters. The van der Waals surface area contributed by atoms with Crippen LogP contribution >= 0.6 is 11.3 Å². The zero-order chi connectivity index (χ0) is 19.5. The molecule has 0 spiro atoms. The molecule has 1 aliphatic heterocycles. The molecule has 1 fully saturated rings. The van der Waals surface area contributed by atoms with Gasteiger partial charge in [0.1, 0.15) is 0 Å². The highest BCUT2D eigenvalue weighted by Crippen LogP contribution is 2.41. The first-order chi connectivity index (χ1) is 13.7. The molecule has 1 saturated heterocycles. The summed E-state index contributed by atoms with van der Waals surface area (Å²) in [6.45, 7) is 2.62. The Balaban J connectivity index is 1.54. The van der Waals surface area contributed by atoms with Crippen LogP contribution in [0.5, 0.6) is 17.2 Å². The maximum atomic E-state index is 5.43. The van der Waals surface area contributed by atoms with E-state index in [1.807, 2.05) is 18.3 Å². The smallest absolute Gasteiger partial charge is 0.214 e. The molecule has 0 bridgehead atoms. The topological polar surface area (TPSA) is 79.1 Å². The lowest BCUT2D eigenvalue weighted by molar-refractivity contribution is 0.0699. The number of anilines is 1. The molecule has 150 valence electrons. The number of aromatic nitrogens is 3. The van der Waals surface area contributed by atoms with Crippen LogP contribution in [-0.2, 0) is 4.74 Å². The van der Waals surface area contributed by atoms with E-state index in [1.165, 1.54) is 0 Å². The minimum atomic E-state index is 0.562. The number of ether oxygens (including phenoxy) is 4. The summed E-state index contributed by atoms with van der Waals surface area (Å²) in [5.74, 6) is 2.40. The molecule has 0 unspecified atom stereocenters. The second kappa shape index (κ2) is 8.24. The molecule has 1 aromatic carbocycles. The second-order valence-corrected chi connectivity index (χ2v) is 7.57. The van der Waals surface area contributed by atoms with Crippen molar-refractivity contribution in [3.63, 3.8) is 0 Å². The summed E-state index contributed by atoms with van der Waals surface area (Å²) in [5, 5.41) is 8.92. The van der Waals surface area contributed by atoms with E-state index in [9.17, 15) is 0 Å². The molecular formula is C19H24N4O4S. The van der Waals surface area contributed by atoms with Crippen molar-refractivity contribution in [3.05, 3.63) is 18.3 Å². The van der Waals surface area contributed by atoms with E-state index in [0.717, 1.165) is 53.9 Å². The summed E-state index contributed by atoms with van der Waals surface area (Å²) in [4.78, 5) is 5.54. The summed E-state index contributed by atoms with van der Waals surface area (Å²) < 4.78 is 23.5. The highest BCUT2D eigenvalue weighted by atomic mass is 32.1. The van der Waals surface area contributed by atoms with E-state index in [-0.39, 0.29) is 0 Å². The van der Waals surface area contributed by atoms with Gasteiger partial charge in [-0.15, -0.1) is 5.10 Å². The summed E-state index contributed by atoms with van der Waals surface area (Å²) >= 11 is 1.54. The van der Waals surface area contributed by atoms with Gasteiger partial charge in [0.05, 0.1) is 33.2 Å². The van der Waals surface area contributed by atoms with E-state index in [2.05, 4.69) is 10.4 Å². The Morgan fingerprint density at radius 2 is 1.86 bits per heavy atom. The van der Waals surface area contributed by atoms with Crippen LogP contribution in [0.25, 0.3) is 16.2 Å². The summed E-state index contributed by atoms with van der Waals surface area (Å²) in [7, 11) is 4.79. The fourth-order valence-corrected chi connectivity index (χ4v) is 4.11. The highest BCUT2D eigenvalue weighted by molar-refractivity contribution is 7.20. The molecule has 0 aliphatic carbocycles. The number of hydrogen-bond donors (Lipinski definition) is 1. The van der Waals surface area contributed by atoms with Crippen LogP contribution in [0.4, 0.5) is 5.13 Å². The molecular weight excluding hydrogens is 380 g/mol. The van der Waals surface area contributed by atoms with Gasteiger partial charge in [0, 0.05) is 25.3 Å². The van der Waals surface area contributed by atoms with Gasteiger partial charge in [0.2, 0.25) is 15.8 Å². The number of methoxy groups -OCH3 is 3. The average Bonchev–Trinajstić information content (AvgIpc) is 3.30. The Hall–Kier alpha value is -2.52. The van der Waals surface area contributed by atoms with Crippen LogP contribution in [0.15, 0.2) is 18.3 Å².